The van der Waals surface area contributed by atoms with E-state index in [0.29, 0.717) is 0 Å². The predicted octanol–water partition coefficient (Wildman–Crippen LogP) is -0.374. The van der Waals surface area contributed by atoms with E-state index in [9.17, 15) is 4.79 Å². The van der Waals surface area contributed by atoms with Crippen molar-refractivity contribution in [2.75, 3.05) is 13.2 Å². The van der Waals surface area contributed by atoms with Crippen LogP contribution in [0.2, 0.25) is 0 Å². The van der Waals surface area contributed by atoms with Gasteiger partial charge in [-0.05, 0) is 25.8 Å². The van der Waals surface area contributed by atoms with E-state index in [4.69, 9.17) is 5.11 Å². The Morgan fingerprint density at radius 1 is 1.77 bits per heavy atom. The van der Waals surface area contributed by atoms with Crippen LogP contribution in [0.3, 0.4) is 0 Å². The highest BCUT2D eigenvalue weighted by atomic mass is 16.3. The molecule has 0 aromatic heterocycles. The summed E-state index contributed by atoms with van der Waals surface area (Å²) in [7, 11) is 0. The van der Waals surface area contributed by atoms with Crippen molar-refractivity contribution in [3.8, 4) is 0 Å². The first-order valence-electron chi connectivity index (χ1n) is 4.92. The topological polar surface area (TPSA) is 61.4 Å². The Hall–Kier alpha value is -0.610. The number of rotatable bonds is 4. The van der Waals surface area contributed by atoms with E-state index in [2.05, 4.69) is 10.6 Å². The zero-order chi connectivity index (χ0) is 9.68. The molecule has 1 heterocycles. The molecule has 1 rings (SSSR count). The summed E-state index contributed by atoms with van der Waals surface area (Å²) in [5.41, 5.74) is 0. The number of amides is 1. The Morgan fingerprint density at radius 3 is 3.00 bits per heavy atom. The maximum absolute atomic E-state index is 11.5. The minimum absolute atomic E-state index is 0.0228. The standard InChI is InChI=1S/C9H18N2O2/c1-2-7(6-12)11-9(13)8-4-3-5-10-8/h7-8,10,12H,2-6H2,1H3,(H,11,13)/t7-,8-/m1/s1. The van der Waals surface area contributed by atoms with Crippen LogP contribution in [0.5, 0.6) is 0 Å². The molecule has 1 amide bonds. The van der Waals surface area contributed by atoms with Crippen molar-refractivity contribution in [2.24, 2.45) is 0 Å². The first-order valence-corrected chi connectivity index (χ1v) is 4.92. The van der Waals surface area contributed by atoms with Crippen LogP contribution in [0.1, 0.15) is 26.2 Å². The molecular formula is C9H18N2O2. The first-order chi connectivity index (χ1) is 6.27. The summed E-state index contributed by atoms with van der Waals surface area (Å²) in [6.07, 6.45) is 2.75. The van der Waals surface area contributed by atoms with Gasteiger partial charge in [0.25, 0.3) is 0 Å². The van der Waals surface area contributed by atoms with Crippen LogP contribution < -0.4 is 10.6 Å². The molecule has 4 nitrogen and oxygen atoms in total. The number of nitrogens with one attached hydrogen (secondary N) is 2. The van der Waals surface area contributed by atoms with Crippen molar-refractivity contribution >= 4 is 5.91 Å². The smallest absolute Gasteiger partial charge is 0.237 e. The fourth-order valence-electron chi connectivity index (χ4n) is 1.49. The lowest BCUT2D eigenvalue weighted by atomic mass is 10.2. The summed E-state index contributed by atoms with van der Waals surface area (Å²) >= 11 is 0. The molecule has 0 saturated carbocycles. The van der Waals surface area contributed by atoms with Gasteiger partial charge in [-0.3, -0.25) is 4.79 Å². The van der Waals surface area contributed by atoms with Crippen molar-refractivity contribution in [3.05, 3.63) is 0 Å². The van der Waals surface area contributed by atoms with E-state index in [1.54, 1.807) is 0 Å². The second-order valence-electron chi connectivity index (χ2n) is 3.45. The third kappa shape index (κ3) is 2.97. The van der Waals surface area contributed by atoms with Gasteiger partial charge in [0, 0.05) is 0 Å². The van der Waals surface area contributed by atoms with E-state index < -0.39 is 0 Å². The van der Waals surface area contributed by atoms with Crippen molar-refractivity contribution < 1.29 is 9.90 Å². The Morgan fingerprint density at radius 2 is 2.54 bits per heavy atom. The molecule has 0 aliphatic carbocycles. The molecule has 0 aromatic carbocycles. The molecule has 0 bridgehead atoms. The molecule has 0 spiro atoms. The maximum atomic E-state index is 11.5. The summed E-state index contributed by atoms with van der Waals surface area (Å²) < 4.78 is 0. The number of carbonyl (C=O) groups is 1. The van der Waals surface area contributed by atoms with Crippen LogP contribution in [-0.4, -0.2) is 36.2 Å². The van der Waals surface area contributed by atoms with E-state index in [0.717, 1.165) is 25.8 Å². The fourth-order valence-corrected chi connectivity index (χ4v) is 1.49. The summed E-state index contributed by atoms with van der Waals surface area (Å²) in [5.74, 6) is 0.0263. The lowest BCUT2D eigenvalue weighted by Gasteiger charge is -2.17. The van der Waals surface area contributed by atoms with E-state index >= 15 is 0 Å². The van der Waals surface area contributed by atoms with Crippen molar-refractivity contribution in [2.45, 2.75) is 38.3 Å². The first kappa shape index (κ1) is 10.5. The number of aliphatic hydroxyl groups excluding tert-OH is 1. The number of carbonyl (C=O) groups excluding carboxylic acids is 1. The maximum Gasteiger partial charge on any atom is 0.237 e. The molecule has 3 N–H and O–H groups in total. The molecule has 0 aromatic rings. The quantitative estimate of drug-likeness (QED) is 0.561. The monoisotopic (exact) mass is 186 g/mol. The minimum atomic E-state index is -0.0881. The second-order valence-corrected chi connectivity index (χ2v) is 3.45. The van der Waals surface area contributed by atoms with Gasteiger partial charge >= 0.3 is 0 Å². The Labute approximate surface area is 78.7 Å². The zero-order valence-corrected chi connectivity index (χ0v) is 8.05. The van der Waals surface area contributed by atoms with Gasteiger partial charge in [0.2, 0.25) is 5.91 Å². The SMILES string of the molecule is CC[C@H](CO)NC(=O)[C@H]1CCCN1. The summed E-state index contributed by atoms with van der Waals surface area (Å²) in [6.45, 7) is 2.90. The summed E-state index contributed by atoms with van der Waals surface area (Å²) in [4.78, 5) is 11.5. The molecule has 1 fully saturated rings. The molecule has 1 aliphatic heterocycles. The molecule has 0 unspecified atom stereocenters. The number of hydrogen-bond donors (Lipinski definition) is 3. The molecule has 1 aliphatic rings. The minimum Gasteiger partial charge on any atom is -0.394 e. The van der Waals surface area contributed by atoms with Gasteiger partial charge in [-0.25, -0.2) is 0 Å². The third-order valence-electron chi connectivity index (χ3n) is 2.44. The average molecular weight is 186 g/mol. The second kappa shape index (κ2) is 5.19. The van der Waals surface area contributed by atoms with Crippen LogP contribution in [0.4, 0.5) is 0 Å². The lowest BCUT2D eigenvalue weighted by molar-refractivity contribution is -0.123. The number of hydrogen-bond acceptors (Lipinski definition) is 3. The van der Waals surface area contributed by atoms with Gasteiger partial charge in [0.1, 0.15) is 0 Å². The van der Waals surface area contributed by atoms with Crippen LogP contribution in [0.25, 0.3) is 0 Å². The van der Waals surface area contributed by atoms with Crippen molar-refractivity contribution in [1.82, 2.24) is 10.6 Å². The summed E-state index contributed by atoms with van der Waals surface area (Å²) in [6, 6.07) is -0.129. The molecule has 76 valence electrons. The molecule has 1 saturated heterocycles. The van der Waals surface area contributed by atoms with E-state index in [-0.39, 0.29) is 24.6 Å². The van der Waals surface area contributed by atoms with Crippen molar-refractivity contribution in [1.29, 1.82) is 0 Å². The van der Waals surface area contributed by atoms with Crippen LogP contribution in [-0.2, 0) is 4.79 Å². The van der Waals surface area contributed by atoms with Gasteiger partial charge < -0.3 is 15.7 Å². The van der Waals surface area contributed by atoms with Gasteiger partial charge in [0.15, 0.2) is 0 Å². The third-order valence-corrected chi connectivity index (χ3v) is 2.44. The van der Waals surface area contributed by atoms with E-state index in [1.165, 1.54) is 0 Å². The van der Waals surface area contributed by atoms with Gasteiger partial charge in [-0.1, -0.05) is 6.92 Å². The Bertz CT molecular complexity index is 163. The van der Waals surface area contributed by atoms with Crippen LogP contribution >= 0.6 is 0 Å². The predicted molar refractivity (Wildman–Crippen MR) is 50.3 cm³/mol. The molecule has 4 heteroatoms. The van der Waals surface area contributed by atoms with Gasteiger partial charge in [0.05, 0.1) is 18.7 Å². The highest BCUT2D eigenvalue weighted by molar-refractivity contribution is 5.82. The van der Waals surface area contributed by atoms with Crippen LogP contribution in [0.15, 0.2) is 0 Å². The zero-order valence-electron chi connectivity index (χ0n) is 8.05. The molecule has 0 radical (unpaired) electrons. The normalized spacial score (nSPS) is 24.3. The van der Waals surface area contributed by atoms with Crippen molar-refractivity contribution in [3.63, 3.8) is 0 Å². The van der Waals surface area contributed by atoms with Gasteiger partial charge in [-0.2, -0.15) is 0 Å². The Kier molecular flexibility index (Phi) is 4.18. The van der Waals surface area contributed by atoms with Gasteiger partial charge in [-0.15, -0.1) is 0 Å². The highest BCUT2D eigenvalue weighted by Crippen LogP contribution is 2.05. The van der Waals surface area contributed by atoms with Crippen LogP contribution in [0, 0.1) is 0 Å². The largest absolute Gasteiger partial charge is 0.394 e. The summed E-state index contributed by atoms with van der Waals surface area (Å²) in [5, 5.41) is 14.8. The average Bonchev–Trinajstić information content (AvgIpc) is 2.66. The molecule has 13 heavy (non-hydrogen) atoms. The lowest BCUT2D eigenvalue weighted by Crippen LogP contribution is -2.46. The highest BCUT2D eigenvalue weighted by Gasteiger charge is 2.23. The molecule has 2 atom stereocenters. The Balaban J connectivity index is 2.30. The van der Waals surface area contributed by atoms with E-state index in [1.807, 2.05) is 6.92 Å². The molecular weight excluding hydrogens is 168 g/mol. The fraction of sp³-hybridized carbons (Fsp3) is 0.889. The number of aliphatic hydroxyl groups is 1.